The number of hydrogen-bond donors (Lipinski definition) is 0. The number of anilines is 1. The largest absolute Gasteiger partial charge is 0.496 e. The second kappa shape index (κ2) is 10.6. The smallest absolute Gasteiger partial charge is 0.416 e. The monoisotopic (exact) mass is 458 g/mol. The van der Waals surface area contributed by atoms with Crippen LogP contribution in [0.1, 0.15) is 30.4 Å². The number of alkyl halides is 3. The van der Waals surface area contributed by atoms with Crippen molar-refractivity contribution in [1.29, 1.82) is 0 Å². The van der Waals surface area contributed by atoms with Gasteiger partial charge in [-0.25, -0.2) is 0 Å². The molecule has 1 aliphatic rings. The minimum Gasteiger partial charge on any atom is -0.496 e. The van der Waals surface area contributed by atoms with Crippen LogP contribution in [0.5, 0.6) is 17.2 Å². The molecule has 1 aliphatic heterocycles. The van der Waals surface area contributed by atoms with Crippen molar-refractivity contribution in [1.82, 2.24) is 0 Å². The predicted octanol–water partition coefficient (Wildman–Crippen LogP) is 5.89. The van der Waals surface area contributed by atoms with Gasteiger partial charge in [0.2, 0.25) is 0 Å². The lowest BCUT2D eigenvalue weighted by molar-refractivity contribution is -0.137. The molecule has 170 valence electrons. The number of aliphatic imine (C=N–C) groups is 1. The van der Waals surface area contributed by atoms with E-state index in [9.17, 15) is 13.2 Å². The lowest BCUT2D eigenvalue weighted by atomic mass is 10.1. The normalized spacial score (nSPS) is 14.3. The molecule has 0 bridgehead atoms. The first kappa shape index (κ1) is 24.7. The van der Waals surface area contributed by atoms with Crippen LogP contribution < -0.4 is 19.1 Å². The van der Waals surface area contributed by atoms with Crippen LogP contribution >= 0.6 is 12.4 Å². The van der Waals surface area contributed by atoms with Gasteiger partial charge in [0, 0.05) is 30.9 Å². The number of ether oxygens (including phenoxy) is 3. The number of methoxy groups -OCH3 is 3. The topological polar surface area (TPSA) is 43.3 Å². The Hall–Kier alpha value is -2.61. The van der Waals surface area contributed by atoms with Crippen molar-refractivity contribution in [3.8, 4) is 17.2 Å². The van der Waals surface area contributed by atoms with Gasteiger partial charge in [0.05, 0.1) is 38.3 Å². The highest BCUT2D eigenvalue weighted by Gasteiger charge is 2.31. The molecule has 2 aromatic rings. The van der Waals surface area contributed by atoms with Crippen molar-refractivity contribution in [2.45, 2.75) is 25.4 Å². The SMILES string of the molecule is COc1cc(OC)c(OC)cc1C=Nc1cc(C(F)(F)F)ccc1N1CCCCC1.Cl. The van der Waals surface area contributed by atoms with E-state index in [1.807, 2.05) is 0 Å². The van der Waals surface area contributed by atoms with Gasteiger partial charge in [-0.2, -0.15) is 13.2 Å². The molecule has 3 rings (SSSR count). The summed E-state index contributed by atoms with van der Waals surface area (Å²) in [5.74, 6) is 1.43. The van der Waals surface area contributed by atoms with Crippen LogP contribution in [0.4, 0.5) is 24.5 Å². The number of piperidine rings is 1. The first-order valence-corrected chi connectivity index (χ1v) is 9.67. The van der Waals surface area contributed by atoms with E-state index in [0.29, 0.717) is 28.5 Å². The predicted molar refractivity (Wildman–Crippen MR) is 118 cm³/mol. The molecular weight excluding hydrogens is 433 g/mol. The number of benzene rings is 2. The van der Waals surface area contributed by atoms with E-state index in [0.717, 1.165) is 44.5 Å². The molecule has 1 heterocycles. The number of nitrogens with zero attached hydrogens (tertiary/aromatic N) is 2. The maximum absolute atomic E-state index is 13.3. The summed E-state index contributed by atoms with van der Waals surface area (Å²) in [6.07, 6.45) is 0.190. The van der Waals surface area contributed by atoms with Gasteiger partial charge >= 0.3 is 6.18 Å². The van der Waals surface area contributed by atoms with Crippen molar-refractivity contribution in [3.63, 3.8) is 0 Å². The molecule has 1 fully saturated rings. The van der Waals surface area contributed by atoms with Crippen LogP contribution in [-0.4, -0.2) is 40.6 Å². The van der Waals surface area contributed by atoms with E-state index in [1.165, 1.54) is 33.6 Å². The van der Waals surface area contributed by atoms with Crippen LogP contribution in [0.25, 0.3) is 0 Å². The molecule has 9 heteroatoms. The molecular formula is C22H26ClF3N2O3. The lowest BCUT2D eigenvalue weighted by Crippen LogP contribution is -2.29. The summed E-state index contributed by atoms with van der Waals surface area (Å²) in [6.45, 7) is 1.60. The van der Waals surface area contributed by atoms with E-state index in [1.54, 1.807) is 12.1 Å². The second-order valence-electron chi connectivity index (χ2n) is 6.96. The molecule has 2 aromatic carbocycles. The van der Waals surface area contributed by atoms with Gasteiger partial charge in [-0.1, -0.05) is 0 Å². The third-order valence-corrected chi connectivity index (χ3v) is 5.08. The minimum atomic E-state index is -4.44. The molecule has 5 nitrogen and oxygen atoms in total. The van der Waals surface area contributed by atoms with Gasteiger partial charge in [-0.05, 0) is 43.5 Å². The Morgan fingerprint density at radius 3 is 2.06 bits per heavy atom. The van der Waals surface area contributed by atoms with E-state index < -0.39 is 11.7 Å². The zero-order valence-corrected chi connectivity index (χ0v) is 18.5. The highest BCUT2D eigenvalue weighted by atomic mass is 35.5. The van der Waals surface area contributed by atoms with E-state index in [2.05, 4.69) is 9.89 Å². The zero-order chi connectivity index (χ0) is 21.7. The van der Waals surface area contributed by atoms with Crippen molar-refractivity contribution >= 4 is 30.0 Å². The Morgan fingerprint density at radius 2 is 1.48 bits per heavy atom. The first-order chi connectivity index (χ1) is 14.4. The summed E-state index contributed by atoms with van der Waals surface area (Å²) in [5.41, 5.74) is 0.800. The highest BCUT2D eigenvalue weighted by molar-refractivity contribution is 5.88. The molecule has 0 aromatic heterocycles. The summed E-state index contributed by atoms with van der Waals surface area (Å²) in [7, 11) is 4.52. The van der Waals surface area contributed by atoms with Gasteiger partial charge in [0.1, 0.15) is 5.75 Å². The fourth-order valence-corrected chi connectivity index (χ4v) is 3.50. The molecule has 0 saturated carbocycles. The molecule has 0 radical (unpaired) electrons. The highest BCUT2D eigenvalue weighted by Crippen LogP contribution is 2.38. The van der Waals surface area contributed by atoms with Gasteiger partial charge in [0.15, 0.2) is 11.5 Å². The second-order valence-corrected chi connectivity index (χ2v) is 6.96. The zero-order valence-electron chi connectivity index (χ0n) is 17.7. The third-order valence-electron chi connectivity index (χ3n) is 5.08. The average Bonchev–Trinajstić information content (AvgIpc) is 2.76. The molecule has 0 aliphatic carbocycles. The van der Waals surface area contributed by atoms with E-state index >= 15 is 0 Å². The van der Waals surface area contributed by atoms with E-state index in [4.69, 9.17) is 14.2 Å². The van der Waals surface area contributed by atoms with Crippen molar-refractivity contribution in [3.05, 3.63) is 41.5 Å². The Morgan fingerprint density at radius 1 is 0.871 bits per heavy atom. The van der Waals surface area contributed by atoms with Crippen LogP contribution in [0.3, 0.4) is 0 Å². The fourth-order valence-electron chi connectivity index (χ4n) is 3.50. The number of halogens is 4. The van der Waals surface area contributed by atoms with Crippen LogP contribution in [0.15, 0.2) is 35.3 Å². The molecule has 0 N–H and O–H groups in total. The molecule has 0 unspecified atom stereocenters. The van der Waals surface area contributed by atoms with Crippen molar-refractivity contribution < 1.29 is 27.4 Å². The molecule has 0 spiro atoms. The average molecular weight is 459 g/mol. The van der Waals surface area contributed by atoms with Crippen molar-refractivity contribution in [2.75, 3.05) is 39.3 Å². The number of rotatable bonds is 6. The fraction of sp³-hybridized carbons (Fsp3) is 0.409. The summed E-state index contributed by atoms with van der Waals surface area (Å²) in [4.78, 5) is 6.51. The van der Waals surface area contributed by atoms with Gasteiger partial charge < -0.3 is 19.1 Å². The maximum atomic E-state index is 13.3. The standard InChI is InChI=1S/C22H25F3N2O3.ClH/c1-28-19-13-21(30-3)20(29-2)11-15(19)14-26-17-12-16(22(23,24)25)7-8-18(17)27-9-5-4-6-10-27;/h7-8,11-14H,4-6,9-10H2,1-3H3;1H. The third kappa shape index (κ3) is 5.76. The molecule has 0 amide bonds. The Balaban J connectivity index is 0.00000341. The van der Waals surface area contributed by atoms with Gasteiger partial charge in [-0.15, -0.1) is 12.4 Å². The Labute approximate surface area is 186 Å². The summed E-state index contributed by atoms with van der Waals surface area (Å²) in [5, 5.41) is 0. The summed E-state index contributed by atoms with van der Waals surface area (Å²) in [6, 6.07) is 7.04. The summed E-state index contributed by atoms with van der Waals surface area (Å²) < 4.78 is 55.8. The van der Waals surface area contributed by atoms with Gasteiger partial charge in [-0.3, -0.25) is 4.99 Å². The van der Waals surface area contributed by atoms with E-state index in [-0.39, 0.29) is 18.1 Å². The number of hydrogen-bond acceptors (Lipinski definition) is 5. The lowest BCUT2D eigenvalue weighted by Gasteiger charge is -2.30. The Bertz CT molecular complexity index is 914. The summed E-state index contributed by atoms with van der Waals surface area (Å²) >= 11 is 0. The first-order valence-electron chi connectivity index (χ1n) is 9.67. The maximum Gasteiger partial charge on any atom is 0.416 e. The molecule has 1 saturated heterocycles. The van der Waals surface area contributed by atoms with Gasteiger partial charge in [0.25, 0.3) is 0 Å². The Kier molecular flexibility index (Phi) is 8.44. The van der Waals surface area contributed by atoms with Crippen LogP contribution in [0.2, 0.25) is 0 Å². The van der Waals surface area contributed by atoms with Crippen LogP contribution in [0, 0.1) is 0 Å². The molecule has 31 heavy (non-hydrogen) atoms. The quantitative estimate of drug-likeness (QED) is 0.506. The minimum absolute atomic E-state index is 0. The van der Waals surface area contributed by atoms with Crippen molar-refractivity contribution in [2.24, 2.45) is 4.99 Å². The van der Waals surface area contributed by atoms with Crippen LogP contribution in [-0.2, 0) is 6.18 Å². The molecule has 0 atom stereocenters.